The summed E-state index contributed by atoms with van der Waals surface area (Å²) < 4.78 is 5.09. The summed E-state index contributed by atoms with van der Waals surface area (Å²) in [6.07, 6.45) is 2.24. The number of nitrogens with zero attached hydrogens (tertiary/aromatic N) is 2. The first kappa shape index (κ1) is 21.2. The molecule has 2 heterocycles. The summed E-state index contributed by atoms with van der Waals surface area (Å²) in [5.41, 5.74) is 0.914. The Bertz CT molecular complexity index is 1030. The number of esters is 1. The van der Waals surface area contributed by atoms with Crippen LogP contribution in [0.1, 0.15) is 40.0 Å². The number of carbonyl (C=O) groups is 4. The Labute approximate surface area is 184 Å². The molecule has 160 valence electrons. The molecule has 0 bridgehead atoms. The standard InChI is InChI=1S/C23H21ClN2O5/c24-18-6-2-1-5-17(18)20(27)14-31-23(30)15-7-9-16(10-8-15)26-21(28)13-19(22(26)29)25-11-3-4-12-25/h1-2,5-10,19H,3-4,11-14H2. The van der Waals surface area contributed by atoms with Crippen molar-refractivity contribution in [1.82, 2.24) is 4.90 Å². The maximum absolute atomic E-state index is 12.8. The van der Waals surface area contributed by atoms with Gasteiger partial charge in [-0.05, 0) is 62.3 Å². The van der Waals surface area contributed by atoms with Gasteiger partial charge in [-0.1, -0.05) is 23.7 Å². The number of imide groups is 1. The summed E-state index contributed by atoms with van der Waals surface area (Å²) in [6, 6.07) is 12.1. The van der Waals surface area contributed by atoms with Crippen molar-refractivity contribution in [3.63, 3.8) is 0 Å². The SMILES string of the molecule is O=C(OCC(=O)c1ccccc1Cl)c1ccc(N2C(=O)CC(N3CCCC3)C2=O)cc1. The predicted molar refractivity (Wildman–Crippen MR) is 114 cm³/mol. The lowest BCUT2D eigenvalue weighted by molar-refractivity contribution is -0.122. The van der Waals surface area contributed by atoms with Gasteiger partial charge in [0.25, 0.3) is 5.91 Å². The third kappa shape index (κ3) is 4.38. The fourth-order valence-corrected chi connectivity index (χ4v) is 4.19. The molecule has 0 N–H and O–H groups in total. The number of hydrogen-bond acceptors (Lipinski definition) is 6. The zero-order chi connectivity index (χ0) is 22.0. The molecular formula is C23H21ClN2O5. The van der Waals surface area contributed by atoms with Crippen LogP contribution in [-0.2, 0) is 14.3 Å². The van der Waals surface area contributed by atoms with Crippen LogP contribution in [0.2, 0.25) is 5.02 Å². The molecule has 0 aromatic heterocycles. The van der Waals surface area contributed by atoms with Gasteiger partial charge in [0.05, 0.1) is 28.7 Å². The number of Topliss-reactive ketones (excluding diaryl/α,β-unsaturated/α-hetero) is 1. The Kier molecular flexibility index (Phi) is 6.15. The summed E-state index contributed by atoms with van der Waals surface area (Å²) in [6.45, 7) is 1.22. The molecule has 7 nitrogen and oxygen atoms in total. The third-order valence-corrected chi connectivity index (χ3v) is 5.90. The van der Waals surface area contributed by atoms with Crippen molar-refractivity contribution in [2.45, 2.75) is 25.3 Å². The maximum atomic E-state index is 12.8. The van der Waals surface area contributed by atoms with Crippen molar-refractivity contribution in [3.05, 3.63) is 64.7 Å². The van der Waals surface area contributed by atoms with Crippen molar-refractivity contribution >= 4 is 40.9 Å². The number of hydrogen-bond donors (Lipinski definition) is 0. The topological polar surface area (TPSA) is 84.0 Å². The van der Waals surface area contributed by atoms with Crippen LogP contribution in [0, 0.1) is 0 Å². The Balaban J connectivity index is 1.39. The van der Waals surface area contributed by atoms with Gasteiger partial charge < -0.3 is 4.74 Å². The Morgan fingerprint density at radius 2 is 1.68 bits per heavy atom. The largest absolute Gasteiger partial charge is 0.454 e. The number of ether oxygens (including phenoxy) is 1. The molecule has 2 aliphatic rings. The van der Waals surface area contributed by atoms with Crippen LogP contribution in [0.15, 0.2) is 48.5 Å². The van der Waals surface area contributed by atoms with Crippen LogP contribution in [0.4, 0.5) is 5.69 Å². The highest BCUT2D eigenvalue weighted by molar-refractivity contribution is 6.34. The van der Waals surface area contributed by atoms with Crippen molar-refractivity contribution in [2.75, 3.05) is 24.6 Å². The van der Waals surface area contributed by atoms with E-state index in [1.807, 2.05) is 0 Å². The molecule has 2 aliphatic heterocycles. The number of benzene rings is 2. The first-order chi connectivity index (χ1) is 15.0. The number of likely N-dealkylation sites (tertiary alicyclic amines) is 1. The molecule has 0 spiro atoms. The van der Waals surface area contributed by atoms with Gasteiger partial charge >= 0.3 is 5.97 Å². The number of ketones is 1. The molecule has 1 atom stereocenters. The molecule has 0 saturated carbocycles. The van der Waals surface area contributed by atoms with Gasteiger partial charge in [-0.15, -0.1) is 0 Å². The van der Waals surface area contributed by atoms with Crippen LogP contribution in [0.3, 0.4) is 0 Å². The minimum atomic E-state index is -0.680. The fraction of sp³-hybridized carbons (Fsp3) is 0.304. The molecule has 2 aromatic rings. The second-order valence-corrected chi connectivity index (χ2v) is 7.96. The number of amides is 2. The Hall–Kier alpha value is -3.03. The monoisotopic (exact) mass is 440 g/mol. The Morgan fingerprint density at radius 1 is 1.00 bits per heavy atom. The number of anilines is 1. The lowest BCUT2D eigenvalue weighted by Crippen LogP contribution is -2.40. The highest BCUT2D eigenvalue weighted by Crippen LogP contribution is 2.28. The molecule has 0 radical (unpaired) electrons. The number of halogens is 1. The lowest BCUT2D eigenvalue weighted by atomic mass is 10.1. The summed E-state index contributed by atoms with van der Waals surface area (Å²) >= 11 is 5.98. The van der Waals surface area contributed by atoms with E-state index in [2.05, 4.69) is 4.90 Å². The van der Waals surface area contributed by atoms with Gasteiger partial charge in [-0.3, -0.25) is 19.3 Å². The van der Waals surface area contributed by atoms with Crippen molar-refractivity contribution in [2.24, 2.45) is 0 Å². The van der Waals surface area contributed by atoms with E-state index in [9.17, 15) is 19.2 Å². The molecule has 2 fully saturated rings. The average Bonchev–Trinajstić information content (AvgIpc) is 3.40. The molecule has 2 amide bonds. The summed E-state index contributed by atoms with van der Waals surface area (Å²) in [4.78, 5) is 53.0. The summed E-state index contributed by atoms with van der Waals surface area (Å²) in [5, 5.41) is 0.292. The lowest BCUT2D eigenvalue weighted by Gasteiger charge is -2.21. The summed E-state index contributed by atoms with van der Waals surface area (Å²) in [7, 11) is 0. The molecule has 31 heavy (non-hydrogen) atoms. The minimum absolute atomic E-state index is 0.173. The first-order valence-electron chi connectivity index (χ1n) is 10.1. The molecule has 4 rings (SSSR count). The van der Waals surface area contributed by atoms with E-state index in [-0.39, 0.29) is 29.4 Å². The van der Waals surface area contributed by atoms with Gasteiger partial charge in [-0.25, -0.2) is 9.69 Å². The van der Waals surface area contributed by atoms with Crippen LogP contribution in [0.25, 0.3) is 0 Å². The van der Waals surface area contributed by atoms with Gasteiger partial charge in [0.2, 0.25) is 11.7 Å². The molecule has 1 unspecified atom stereocenters. The van der Waals surface area contributed by atoms with Gasteiger partial charge in [-0.2, -0.15) is 0 Å². The van der Waals surface area contributed by atoms with E-state index < -0.39 is 24.4 Å². The van der Waals surface area contributed by atoms with E-state index >= 15 is 0 Å². The van der Waals surface area contributed by atoms with Crippen molar-refractivity contribution in [3.8, 4) is 0 Å². The fourth-order valence-electron chi connectivity index (χ4n) is 3.95. The van der Waals surface area contributed by atoms with E-state index in [4.69, 9.17) is 16.3 Å². The van der Waals surface area contributed by atoms with E-state index in [0.717, 1.165) is 25.9 Å². The van der Waals surface area contributed by atoms with Crippen LogP contribution < -0.4 is 4.90 Å². The Morgan fingerprint density at radius 3 is 2.35 bits per heavy atom. The zero-order valence-corrected chi connectivity index (χ0v) is 17.5. The van der Waals surface area contributed by atoms with Crippen molar-refractivity contribution in [1.29, 1.82) is 0 Å². The average molecular weight is 441 g/mol. The van der Waals surface area contributed by atoms with Crippen LogP contribution >= 0.6 is 11.6 Å². The molecule has 2 aromatic carbocycles. The van der Waals surface area contributed by atoms with Gasteiger partial charge in [0, 0.05) is 5.56 Å². The smallest absolute Gasteiger partial charge is 0.338 e. The quantitative estimate of drug-likeness (QED) is 0.390. The highest BCUT2D eigenvalue weighted by Gasteiger charge is 2.43. The van der Waals surface area contributed by atoms with E-state index in [1.54, 1.807) is 24.3 Å². The van der Waals surface area contributed by atoms with Gasteiger partial charge in [0.15, 0.2) is 6.61 Å². The van der Waals surface area contributed by atoms with Crippen LogP contribution in [-0.4, -0.2) is 54.2 Å². The maximum Gasteiger partial charge on any atom is 0.338 e. The van der Waals surface area contributed by atoms with Crippen LogP contribution in [0.5, 0.6) is 0 Å². The van der Waals surface area contributed by atoms with E-state index in [0.29, 0.717) is 10.7 Å². The first-order valence-corrected chi connectivity index (χ1v) is 10.5. The highest BCUT2D eigenvalue weighted by atomic mass is 35.5. The second-order valence-electron chi connectivity index (χ2n) is 7.56. The number of carbonyl (C=O) groups excluding carboxylic acids is 4. The molecule has 2 saturated heterocycles. The third-order valence-electron chi connectivity index (χ3n) is 5.57. The molecule has 8 heteroatoms. The normalized spacial score (nSPS) is 19.1. The summed E-state index contributed by atoms with van der Waals surface area (Å²) in [5.74, 6) is -1.56. The molecular weight excluding hydrogens is 420 g/mol. The number of rotatable bonds is 6. The zero-order valence-electron chi connectivity index (χ0n) is 16.8. The predicted octanol–water partition coefficient (Wildman–Crippen LogP) is 3.11. The second kappa shape index (κ2) is 8.99. The van der Waals surface area contributed by atoms with E-state index in [1.165, 1.54) is 29.2 Å². The van der Waals surface area contributed by atoms with Crippen molar-refractivity contribution < 1.29 is 23.9 Å². The van der Waals surface area contributed by atoms with Gasteiger partial charge in [0.1, 0.15) is 0 Å². The minimum Gasteiger partial charge on any atom is -0.454 e. The molecule has 0 aliphatic carbocycles.